The Morgan fingerprint density at radius 3 is 2.65 bits per heavy atom. The molecule has 1 amide bonds. The summed E-state index contributed by atoms with van der Waals surface area (Å²) in [5, 5.41) is 14.8. The van der Waals surface area contributed by atoms with Crippen LogP contribution in [0.1, 0.15) is 26.2 Å². The average Bonchev–Trinajstić information content (AvgIpc) is 2.29. The largest absolute Gasteiger partial charge is 0.480 e. The van der Waals surface area contributed by atoms with Crippen LogP contribution in [0.2, 0.25) is 0 Å². The fourth-order valence-corrected chi connectivity index (χ4v) is 2.04. The van der Waals surface area contributed by atoms with Gasteiger partial charge in [-0.2, -0.15) is 0 Å². The molecule has 96 valence electrons. The Morgan fingerprint density at radius 2 is 2.12 bits per heavy atom. The third kappa shape index (κ3) is 4.99. The summed E-state index contributed by atoms with van der Waals surface area (Å²) in [6, 6.07) is -0.776. The highest BCUT2D eigenvalue weighted by Gasteiger charge is 2.24. The van der Waals surface area contributed by atoms with Crippen molar-refractivity contribution >= 4 is 11.9 Å². The van der Waals surface area contributed by atoms with Gasteiger partial charge in [-0.25, -0.2) is 4.79 Å². The zero-order chi connectivity index (χ0) is 12.7. The first-order valence-corrected chi connectivity index (χ1v) is 6.00. The lowest BCUT2D eigenvalue weighted by Gasteiger charge is -2.25. The van der Waals surface area contributed by atoms with Crippen molar-refractivity contribution in [1.29, 1.82) is 0 Å². The monoisotopic (exact) mass is 240 g/mol. The average molecular weight is 240 g/mol. The Bertz CT molecular complexity index is 296. The highest BCUT2D eigenvalue weighted by molar-refractivity contribution is 5.90. The lowest BCUT2D eigenvalue weighted by atomic mass is 9.91. The Labute approximate surface area is 101 Å². The molecule has 17 heavy (non-hydrogen) atoms. The summed E-state index contributed by atoms with van der Waals surface area (Å²) in [5.41, 5.74) is 0. The lowest BCUT2D eigenvalue weighted by molar-refractivity contribution is -0.141. The molecule has 1 fully saturated rings. The van der Waals surface area contributed by atoms with Crippen molar-refractivity contribution in [2.75, 3.05) is 13.1 Å². The predicted molar refractivity (Wildman–Crippen MR) is 64.6 cm³/mol. The lowest BCUT2D eigenvalue weighted by Crippen LogP contribution is -2.42. The minimum absolute atomic E-state index is 0.339. The second kappa shape index (κ2) is 7.06. The molecule has 1 unspecified atom stereocenters. The van der Waals surface area contributed by atoms with Gasteiger partial charge in [0.2, 0.25) is 5.91 Å². The van der Waals surface area contributed by atoms with Crippen LogP contribution in [-0.4, -0.2) is 36.1 Å². The van der Waals surface area contributed by atoms with E-state index in [9.17, 15) is 9.59 Å². The molecule has 0 aromatic carbocycles. The van der Waals surface area contributed by atoms with Gasteiger partial charge in [-0.05, 0) is 51.3 Å². The summed E-state index contributed by atoms with van der Waals surface area (Å²) in [4.78, 5) is 22.4. The van der Waals surface area contributed by atoms with Crippen LogP contribution in [0.3, 0.4) is 0 Å². The minimum Gasteiger partial charge on any atom is -0.480 e. The molecular formula is C12H20N2O3. The Kier molecular flexibility index (Phi) is 5.69. The fourth-order valence-electron chi connectivity index (χ4n) is 2.04. The Morgan fingerprint density at radius 1 is 1.47 bits per heavy atom. The molecule has 1 rings (SSSR count). The zero-order valence-electron chi connectivity index (χ0n) is 10.1. The number of allylic oxidation sites excluding steroid dienone is 1. The summed E-state index contributed by atoms with van der Waals surface area (Å²) in [7, 11) is 0. The number of rotatable bonds is 5. The van der Waals surface area contributed by atoms with Gasteiger partial charge in [0.05, 0.1) is 0 Å². The molecule has 0 aromatic rings. The zero-order valence-corrected chi connectivity index (χ0v) is 10.1. The van der Waals surface area contributed by atoms with Gasteiger partial charge in [0.25, 0.3) is 0 Å². The Balaban J connectivity index is 2.47. The molecular weight excluding hydrogens is 220 g/mol. The highest BCUT2D eigenvalue weighted by atomic mass is 16.4. The van der Waals surface area contributed by atoms with Gasteiger partial charge >= 0.3 is 5.97 Å². The predicted octanol–water partition coefficient (Wildman–Crippen LogP) is 0.522. The molecule has 0 saturated carbocycles. The van der Waals surface area contributed by atoms with Gasteiger partial charge in [-0.15, -0.1) is 0 Å². The molecule has 5 nitrogen and oxygen atoms in total. The van der Waals surface area contributed by atoms with Gasteiger partial charge in [0, 0.05) is 0 Å². The topological polar surface area (TPSA) is 78.4 Å². The third-order valence-corrected chi connectivity index (χ3v) is 2.96. The van der Waals surface area contributed by atoms with E-state index >= 15 is 0 Å². The maximum Gasteiger partial charge on any atom is 0.326 e. The van der Waals surface area contributed by atoms with E-state index in [-0.39, 0.29) is 5.91 Å². The first kappa shape index (κ1) is 13.7. The van der Waals surface area contributed by atoms with Crippen LogP contribution in [0.5, 0.6) is 0 Å². The first-order valence-electron chi connectivity index (χ1n) is 6.00. The second-order valence-corrected chi connectivity index (χ2v) is 4.33. The quantitative estimate of drug-likeness (QED) is 0.612. The third-order valence-electron chi connectivity index (χ3n) is 2.96. The van der Waals surface area contributed by atoms with Crippen molar-refractivity contribution in [2.45, 2.75) is 32.2 Å². The normalized spacial score (nSPS) is 19.1. The van der Waals surface area contributed by atoms with Crippen LogP contribution in [0.25, 0.3) is 0 Å². The SMILES string of the molecule is C/C=C/C(=O)NC(CC1CCNCC1)C(=O)O. The van der Waals surface area contributed by atoms with E-state index in [4.69, 9.17) is 5.11 Å². The van der Waals surface area contributed by atoms with Crippen molar-refractivity contribution in [3.8, 4) is 0 Å². The maximum atomic E-state index is 11.3. The van der Waals surface area contributed by atoms with Crippen molar-refractivity contribution in [3.63, 3.8) is 0 Å². The van der Waals surface area contributed by atoms with Crippen molar-refractivity contribution < 1.29 is 14.7 Å². The molecule has 0 bridgehead atoms. The van der Waals surface area contributed by atoms with Crippen molar-refractivity contribution in [1.82, 2.24) is 10.6 Å². The summed E-state index contributed by atoms with van der Waals surface area (Å²) < 4.78 is 0. The van der Waals surface area contributed by atoms with E-state index in [0.717, 1.165) is 25.9 Å². The standard InChI is InChI=1S/C12H20N2O3/c1-2-3-11(15)14-10(12(16)17)8-9-4-6-13-7-5-9/h2-3,9-10,13H,4-8H2,1H3,(H,14,15)(H,16,17)/b3-2+. The second-order valence-electron chi connectivity index (χ2n) is 4.33. The van der Waals surface area contributed by atoms with Crippen LogP contribution in [-0.2, 0) is 9.59 Å². The van der Waals surface area contributed by atoms with E-state index in [1.165, 1.54) is 6.08 Å². The number of aliphatic carboxylic acids is 1. The summed E-state index contributed by atoms with van der Waals surface area (Å²) in [5.74, 6) is -0.918. The first-order chi connectivity index (χ1) is 8.13. The highest BCUT2D eigenvalue weighted by Crippen LogP contribution is 2.18. The number of carbonyl (C=O) groups excluding carboxylic acids is 1. The van der Waals surface area contributed by atoms with Gasteiger partial charge in [-0.1, -0.05) is 6.08 Å². The van der Waals surface area contributed by atoms with Crippen LogP contribution < -0.4 is 10.6 Å². The summed E-state index contributed by atoms with van der Waals surface area (Å²) in [6.07, 6.45) is 5.41. The van der Waals surface area contributed by atoms with Crippen LogP contribution in [0.4, 0.5) is 0 Å². The molecule has 1 atom stereocenters. The van der Waals surface area contributed by atoms with Crippen molar-refractivity contribution in [2.24, 2.45) is 5.92 Å². The number of carbonyl (C=O) groups is 2. The molecule has 0 spiro atoms. The number of hydrogen-bond acceptors (Lipinski definition) is 3. The van der Waals surface area contributed by atoms with Gasteiger partial charge < -0.3 is 15.7 Å². The molecule has 3 N–H and O–H groups in total. The summed E-state index contributed by atoms with van der Waals surface area (Å²) >= 11 is 0. The maximum absolute atomic E-state index is 11.3. The molecule has 1 aliphatic rings. The van der Waals surface area contributed by atoms with Crippen LogP contribution in [0, 0.1) is 5.92 Å². The number of piperidine rings is 1. The molecule has 5 heteroatoms. The smallest absolute Gasteiger partial charge is 0.326 e. The molecule has 1 aliphatic heterocycles. The number of amides is 1. The van der Waals surface area contributed by atoms with Crippen LogP contribution in [0.15, 0.2) is 12.2 Å². The van der Waals surface area contributed by atoms with Gasteiger partial charge in [-0.3, -0.25) is 4.79 Å². The van der Waals surface area contributed by atoms with Crippen LogP contribution >= 0.6 is 0 Å². The van der Waals surface area contributed by atoms with E-state index < -0.39 is 12.0 Å². The number of nitrogens with one attached hydrogen (secondary N) is 2. The summed E-state index contributed by atoms with van der Waals surface area (Å²) in [6.45, 7) is 3.59. The number of hydrogen-bond donors (Lipinski definition) is 3. The van der Waals surface area contributed by atoms with E-state index in [1.807, 2.05) is 0 Å². The molecule has 0 radical (unpaired) electrons. The van der Waals surface area contributed by atoms with Gasteiger partial charge in [0.1, 0.15) is 6.04 Å². The number of carboxylic acids is 1. The molecule has 0 aromatic heterocycles. The molecule has 0 aliphatic carbocycles. The van der Waals surface area contributed by atoms with E-state index in [1.54, 1.807) is 13.0 Å². The van der Waals surface area contributed by atoms with E-state index in [0.29, 0.717) is 12.3 Å². The van der Waals surface area contributed by atoms with Crippen molar-refractivity contribution in [3.05, 3.63) is 12.2 Å². The minimum atomic E-state index is -0.957. The molecule has 1 heterocycles. The Hall–Kier alpha value is -1.36. The molecule has 1 saturated heterocycles. The van der Waals surface area contributed by atoms with Gasteiger partial charge in [0.15, 0.2) is 0 Å². The van der Waals surface area contributed by atoms with E-state index in [2.05, 4.69) is 10.6 Å². The fraction of sp³-hybridized carbons (Fsp3) is 0.667. The number of carboxylic acid groups (broad SMARTS) is 1.